The van der Waals surface area contributed by atoms with Crippen molar-refractivity contribution in [2.24, 2.45) is 0 Å². The summed E-state index contributed by atoms with van der Waals surface area (Å²) in [6.07, 6.45) is 4.34. The zero-order valence-corrected chi connectivity index (χ0v) is 26.1. The summed E-state index contributed by atoms with van der Waals surface area (Å²) < 4.78 is 4.43. The van der Waals surface area contributed by atoms with Crippen LogP contribution in [0.3, 0.4) is 0 Å². The lowest BCUT2D eigenvalue weighted by Crippen LogP contribution is -2.16. The lowest BCUT2D eigenvalue weighted by Gasteiger charge is -2.24. The highest BCUT2D eigenvalue weighted by molar-refractivity contribution is 6.21. The molecule has 1 aliphatic carbocycles. The highest BCUT2D eigenvalue weighted by atomic mass is 15.2. The van der Waals surface area contributed by atoms with Crippen LogP contribution in [-0.4, -0.2) is 19.1 Å². The molecule has 0 unspecified atom stereocenters. The SMILES string of the molecule is CC1(C)c2ccccc2-c2cccc(-c3nc(-n4c5ccccc5c5c6ccccc6ccc54)nc4cn(-c5ccccc5)cc34)c21. The molecule has 1 aliphatic rings. The molecule has 4 nitrogen and oxygen atoms in total. The van der Waals surface area contributed by atoms with E-state index in [1.165, 1.54) is 43.8 Å². The summed E-state index contributed by atoms with van der Waals surface area (Å²) in [4.78, 5) is 10.9. The molecule has 9 aromatic rings. The van der Waals surface area contributed by atoms with E-state index in [9.17, 15) is 0 Å². The first-order valence-electron chi connectivity index (χ1n) is 16.2. The Balaban J connectivity index is 1.32. The molecule has 0 saturated heterocycles. The zero-order valence-electron chi connectivity index (χ0n) is 26.1. The van der Waals surface area contributed by atoms with Crippen LogP contribution in [0.15, 0.2) is 146 Å². The van der Waals surface area contributed by atoms with Gasteiger partial charge in [0.15, 0.2) is 0 Å². The van der Waals surface area contributed by atoms with Gasteiger partial charge >= 0.3 is 0 Å². The average molecular weight is 603 g/mol. The summed E-state index contributed by atoms with van der Waals surface area (Å²) in [7, 11) is 0. The van der Waals surface area contributed by atoms with Gasteiger partial charge in [-0.05, 0) is 57.3 Å². The van der Waals surface area contributed by atoms with Crippen molar-refractivity contribution >= 4 is 43.5 Å². The highest BCUT2D eigenvalue weighted by Crippen LogP contribution is 2.52. The lowest BCUT2D eigenvalue weighted by atomic mass is 9.79. The standard InChI is InChI=1S/C43H30N4/c1-43(2)35-21-10-8-17-30(35)31-19-12-20-33(40(31)43)41-34-25-46(28-14-4-3-5-15-28)26-36(34)44-42(45-41)47-37-22-11-9-18-32(37)39-29-16-7-6-13-27(29)23-24-38(39)47/h3-26H,1-2H3. The average Bonchev–Trinajstić information content (AvgIpc) is 3.77. The topological polar surface area (TPSA) is 35.6 Å². The summed E-state index contributed by atoms with van der Waals surface area (Å²) in [6.45, 7) is 4.68. The van der Waals surface area contributed by atoms with E-state index in [0.717, 1.165) is 38.9 Å². The largest absolute Gasteiger partial charge is 0.321 e. The second-order valence-electron chi connectivity index (χ2n) is 13.1. The monoisotopic (exact) mass is 602 g/mol. The molecule has 0 spiro atoms. The predicted molar refractivity (Wildman–Crippen MR) is 194 cm³/mol. The van der Waals surface area contributed by atoms with Gasteiger partial charge in [0.2, 0.25) is 5.95 Å². The van der Waals surface area contributed by atoms with Gasteiger partial charge in [-0.1, -0.05) is 123 Å². The van der Waals surface area contributed by atoms with Gasteiger partial charge in [-0.2, -0.15) is 0 Å². The normalized spacial score (nSPS) is 13.5. The number of benzene rings is 6. The summed E-state index contributed by atoms with van der Waals surface area (Å²) in [5.74, 6) is 0.672. The minimum atomic E-state index is -0.187. The Morgan fingerprint density at radius 1 is 0.532 bits per heavy atom. The Hall–Kier alpha value is -6.00. The molecule has 0 fully saturated rings. The fourth-order valence-corrected chi connectivity index (χ4v) is 8.06. The van der Waals surface area contributed by atoms with Gasteiger partial charge in [0.25, 0.3) is 0 Å². The molecule has 0 amide bonds. The molecule has 4 heteroatoms. The number of fused-ring (bicyclic) bond motifs is 9. The molecule has 222 valence electrons. The minimum absolute atomic E-state index is 0.187. The van der Waals surface area contributed by atoms with E-state index in [1.54, 1.807) is 0 Å². The van der Waals surface area contributed by atoms with E-state index in [0.29, 0.717) is 5.95 Å². The van der Waals surface area contributed by atoms with Gasteiger partial charge in [-0.3, -0.25) is 4.57 Å². The first kappa shape index (κ1) is 26.2. The van der Waals surface area contributed by atoms with Gasteiger partial charge in [0.05, 0.1) is 22.2 Å². The Kier molecular flexibility index (Phi) is 5.31. The number of para-hydroxylation sites is 2. The van der Waals surface area contributed by atoms with Crippen LogP contribution in [0.2, 0.25) is 0 Å². The van der Waals surface area contributed by atoms with E-state index in [1.807, 2.05) is 0 Å². The summed E-state index contributed by atoms with van der Waals surface area (Å²) in [6, 6.07) is 47.7. The molecule has 0 aliphatic heterocycles. The first-order valence-corrected chi connectivity index (χ1v) is 16.2. The molecule has 47 heavy (non-hydrogen) atoms. The van der Waals surface area contributed by atoms with Gasteiger partial charge in [-0.15, -0.1) is 0 Å². The Morgan fingerprint density at radius 2 is 1.26 bits per heavy atom. The number of rotatable bonds is 3. The molecule has 6 aromatic carbocycles. The van der Waals surface area contributed by atoms with Crippen LogP contribution in [0.5, 0.6) is 0 Å². The third kappa shape index (κ3) is 3.64. The molecule has 3 heterocycles. The van der Waals surface area contributed by atoms with Crippen LogP contribution in [-0.2, 0) is 5.41 Å². The molecule has 0 saturated carbocycles. The molecule has 0 atom stereocenters. The molecule has 0 radical (unpaired) electrons. The molecule has 0 bridgehead atoms. The zero-order chi connectivity index (χ0) is 31.3. The second-order valence-corrected chi connectivity index (χ2v) is 13.1. The number of hydrogen-bond donors (Lipinski definition) is 0. The van der Waals surface area contributed by atoms with Crippen molar-refractivity contribution in [3.63, 3.8) is 0 Å². The number of aromatic nitrogens is 4. The maximum absolute atomic E-state index is 5.55. The van der Waals surface area contributed by atoms with Crippen LogP contribution < -0.4 is 0 Å². The van der Waals surface area contributed by atoms with Crippen LogP contribution in [0.4, 0.5) is 0 Å². The summed E-state index contributed by atoms with van der Waals surface area (Å²) in [5.41, 5.74) is 11.3. The van der Waals surface area contributed by atoms with Crippen molar-refractivity contribution in [2.75, 3.05) is 0 Å². The molecule has 3 aromatic heterocycles. The minimum Gasteiger partial charge on any atom is -0.321 e. The van der Waals surface area contributed by atoms with E-state index in [-0.39, 0.29) is 5.41 Å². The van der Waals surface area contributed by atoms with E-state index >= 15 is 0 Å². The molecular formula is C43H30N4. The van der Waals surface area contributed by atoms with Crippen LogP contribution >= 0.6 is 0 Å². The van der Waals surface area contributed by atoms with Crippen molar-refractivity contribution in [2.45, 2.75) is 19.3 Å². The van der Waals surface area contributed by atoms with E-state index < -0.39 is 0 Å². The van der Waals surface area contributed by atoms with E-state index in [4.69, 9.17) is 9.97 Å². The first-order chi connectivity index (χ1) is 23.1. The van der Waals surface area contributed by atoms with Crippen molar-refractivity contribution < 1.29 is 0 Å². The third-order valence-electron chi connectivity index (χ3n) is 10.1. The maximum Gasteiger partial charge on any atom is 0.235 e. The van der Waals surface area contributed by atoms with Gasteiger partial charge in [-0.25, -0.2) is 9.97 Å². The summed E-state index contributed by atoms with van der Waals surface area (Å²) >= 11 is 0. The quantitative estimate of drug-likeness (QED) is 0.202. The Labute approximate surface area is 272 Å². The van der Waals surface area contributed by atoms with Gasteiger partial charge in [0, 0.05) is 45.2 Å². The van der Waals surface area contributed by atoms with Crippen molar-refractivity contribution in [3.8, 4) is 34.0 Å². The van der Waals surface area contributed by atoms with Gasteiger partial charge in [0.1, 0.15) is 0 Å². The maximum atomic E-state index is 5.55. The predicted octanol–water partition coefficient (Wildman–Crippen LogP) is 10.6. The number of nitrogens with zero attached hydrogens (tertiary/aromatic N) is 4. The molecule has 0 N–H and O–H groups in total. The second kappa shape index (κ2) is 9.51. The van der Waals surface area contributed by atoms with Crippen LogP contribution in [0.1, 0.15) is 25.0 Å². The van der Waals surface area contributed by atoms with Crippen LogP contribution in [0, 0.1) is 0 Å². The highest BCUT2D eigenvalue weighted by Gasteiger charge is 2.38. The fourth-order valence-electron chi connectivity index (χ4n) is 8.06. The smallest absolute Gasteiger partial charge is 0.235 e. The fraction of sp³-hybridized carbons (Fsp3) is 0.0698. The number of hydrogen-bond acceptors (Lipinski definition) is 2. The van der Waals surface area contributed by atoms with E-state index in [2.05, 4.69) is 169 Å². The van der Waals surface area contributed by atoms with Crippen molar-refractivity contribution in [3.05, 3.63) is 157 Å². The lowest BCUT2D eigenvalue weighted by molar-refractivity contribution is 0.662. The molecular weight excluding hydrogens is 573 g/mol. The summed E-state index contributed by atoms with van der Waals surface area (Å²) in [5, 5.41) is 5.91. The Bertz CT molecular complexity index is 2710. The van der Waals surface area contributed by atoms with Crippen molar-refractivity contribution in [1.82, 2.24) is 19.1 Å². The van der Waals surface area contributed by atoms with Gasteiger partial charge < -0.3 is 4.57 Å². The third-order valence-corrected chi connectivity index (χ3v) is 10.1. The van der Waals surface area contributed by atoms with Crippen molar-refractivity contribution in [1.29, 1.82) is 0 Å². The molecule has 10 rings (SSSR count). The van der Waals surface area contributed by atoms with Crippen LogP contribution in [0.25, 0.3) is 77.5 Å². The Morgan fingerprint density at radius 3 is 2.15 bits per heavy atom.